The van der Waals surface area contributed by atoms with E-state index in [2.05, 4.69) is 16.9 Å². The third-order valence-electron chi connectivity index (χ3n) is 2.63. The van der Waals surface area contributed by atoms with E-state index in [4.69, 9.17) is 10.5 Å². The highest BCUT2D eigenvalue weighted by molar-refractivity contribution is 5.32. The normalized spacial score (nSPS) is 12.1. The average Bonchev–Trinajstić information content (AvgIpc) is 2.45. The Labute approximate surface area is 107 Å². The Morgan fingerprint density at radius 1 is 1.17 bits per heavy atom. The number of pyridine rings is 2. The lowest BCUT2D eigenvalue weighted by molar-refractivity contribution is 0.315. The quantitative estimate of drug-likeness (QED) is 0.875. The molecule has 2 aromatic rings. The number of hydrogen-bond acceptors (Lipinski definition) is 4. The Bertz CT molecular complexity index is 487. The van der Waals surface area contributed by atoms with E-state index >= 15 is 0 Å². The van der Waals surface area contributed by atoms with Gasteiger partial charge in [0.05, 0.1) is 18.8 Å². The first-order chi connectivity index (χ1) is 8.81. The molecule has 4 heteroatoms. The molecule has 0 aliphatic heterocycles. The van der Waals surface area contributed by atoms with Crippen molar-refractivity contribution in [3.63, 3.8) is 0 Å². The largest absolute Gasteiger partial charge is 0.492 e. The average molecular weight is 243 g/mol. The molecule has 2 aromatic heterocycles. The minimum Gasteiger partial charge on any atom is -0.492 e. The Kier molecular flexibility index (Phi) is 4.25. The first-order valence-electron chi connectivity index (χ1n) is 6.04. The number of ether oxygens (including phenoxy) is 1. The molecule has 94 valence electrons. The van der Waals surface area contributed by atoms with Gasteiger partial charge in [-0.15, -0.1) is 0 Å². The molecule has 0 saturated heterocycles. The Hall–Kier alpha value is -1.94. The number of aromatic nitrogens is 2. The predicted octanol–water partition coefficient (Wildman–Crippen LogP) is 2.31. The third kappa shape index (κ3) is 3.05. The molecule has 0 aliphatic rings. The van der Waals surface area contributed by atoms with Gasteiger partial charge in [0.2, 0.25) is 0 Å². The van der Waals surface area contributed by atoms with Crippen molar-refractivity contribution in [2.45, 2.75) is 19.4 Å². The van der Waals surface area contributed by atoms with Crippen LogP contribution in [-0.2, 0) is 0 Å². The van der Waals surface area contributed by atoms with Crippen LogP contribution in [0.4, 0.5) is 0 Å². The molecule has 18 heavy (non-hydrogen) atoms. The smallest absolute Gasteiger partial charge is 0.137 e. The van der Waals surface area contributed by atoms with Crippen molar-refractivity contribution in [1.82, 2.24) is 9.97 Å². The first-order valence-corrected chi connectivity index (χ1v) is 6.04. The molecule has 0 aromatic carbocycles. The number of hydrogen-bond donors (Lipinski definition) is 1. The van der Waals surface area contributed by atoms with E-state index in [-0.39, 0.29) is 6.04 Å². The second kappa shape index (κ2) is 6.12. The van der Waals surface area contributed by atoms with Crippen LogP contribution in [0.3, 0.4) is 0 Å². The maximum absolute atomic E-state index is 6.19. The van der Waals surface area contributed by atoms with Gasteiger partial charge in [-0.1, -0.05) is 6.92 Å². The molecule has 2 N–H and O–H groups in total. The van der Waals surface area contributed by atoms with Gasteiger partial charge in [-0.3, -0.25) is 9.97 Å². The van der Waals surface area contributed by atoms with E-state index in [0.717, 1.165) is 23.3 Å². The summed E-state index contributed by atoms with van der Waals surface area (Å²) in [5, 5.41) is 0. The van der Waals surface area contributed by atoms with Crippen LogP contribution in [0, 0.1) is 0 Å². The standard InChI is InChI=1S/C14H17N3O/c1-2-7-18-13-8-12(9-17-10-13)14(15)11-3-5-16-6-4-11/h3-6,8-10,14H,2,7,15H2,1H3. The summed E-state index contributed by atoms with van der Waals surface area (Å²) < 4.78 is 5.55. The molecule has 1 unspecified atom stereocenters. The van der Waals surface area contributed by atoms with Crippen LogP contribution in [0.2, 0.25) is 0 Å². The highest BCUT2D eigenvalue weighted by atomic mass is 16.5. The molecule has 0 fully saturated rings. The monoisotopic (exact) mass is 243 g/mol. The summed E-state index contributed by atoms with van der Waals surface area (Å²) >= 11 is 0. The van der Waals surface area contributed by atoms with E-state index < -0.39 is 0 Å². The van der Waals surface area contributed by atoms with Gasteiger partial charge < -0.3 is 10.5 Å². The summed E-state index contributed by atoms with van der Waals surface area (Å²) in [6, 6.07) is 5.55. The molecule has 0 bridgehead atoms. The Morgan fingerprint density at radius 2 is 1.94 bits per heavy atom. The van der Waals surface area contributed by atoms with Crippen LogP contribution in [0.15, 0.2) is 43.0 Å². The van der Waals surface area contributed by atoms with Crippen molar-refractivity contribution < 1.29 is 4.74 Å². The highest BCUT2D eigenvalue weighted by Crippen LogP contribution is 2.21. The predicted molar refractivity (Wildman–Crippen MR) is 70.3 cm³/mol. The van der Waals surface area contributed by atoms with Crippen molar-refractivity contribution in [2.75, 3.05) is 6.61 Å². The molecular formula is C14H17N3O. The van der Waals surface area contributed by atoms with Crippen molar-refractivity contribution >= 4 is 0 Å². The zero-order valence-corrected chi connectivity index (χ0v) is 10.4. The molecule has 0 radical (unpaired) electrons. The van der Waals surface area contributed by atoms with Crippen LogP contribution < -0.4 is 10.5 Å². The fraction of sp³-hybridized carbons (Fsp3) is 0.286. The van der Waals surface area contributed by atoms with Gasteiger partial charge >= 0.3 is 0 Å². The van der Waals surface area contributed by atoms with Crippen LogP contribution in [0.5, 0.6) is 5.75 Å². The van der Waals surface area contributed by atoms with Crippen molar-refractivity contribution in [3.8, 4) is 5.75 Å². The fourth-order valence-electron chi connectivity index (χ4n) is 1.67. The zero-order chi connectivity index (χ0) is 12.8. The third-order valence-corrected chi connectivity index (χ3v) is 2.63. The summed E-state index contributed by atoms with van der Waals surface area (Å²) in [6.07, 6.45) is 7.92. The van der Waals surface area contributed by atoms with Gasteiger partial charge in [0.1, 0.15) is 5.75 Å². The summed E-state index contributed by atoms with van der Waals surface area (Å²) in [4.78, 5) is 8.15. The number of rotatable bonds is 5. The SMILES string of the molecule is CCCOc1cncc(C(N)c2ccncc2)c1. The maximum atomic E-state index is 6.19. The molecule has 2 heterocycles. The molecule has 2 rings (SSSR count). The summed E-state index contributed by atoms with van der Waals surface area (Å²) in [5.74, 6) is 0.763. The fourth-order valence-corrected chi connectivity index (χ4v) is 1.67. The van der Waals surface area contributed by atoms with E-state index in [1.54, 1.807) is 24.8 Å². The molecule has 4 nitrogen and oxygen atoms in total. The lowest BCUT2D eigenvalue weighted by Gasteiger charge is -2.13. The molecule has 0 saturated carbocycles. The van der Waals surface area contributed by atoms with Crippen molar-refractivity contribution in [3.05, 3.63) is 54.1 Å². The van der Waals surface area contributed by atoms with Gasteiger partial charge in [0.25, 0.3) is 0 Å². The first kappa shape index (κ1) is 12.5. The lowest BCUT2D eigenvalue weighted by Crippen LogP contribution is -2.12. The minimum absolute atomic E-state index is 0.203. The maximum Gasteiger partial charge on any atom is 0.137 e. The zero-order valence-electron chi connectivity index (χ0n) is 10.4. The van der Waals surface area contributed by atoms with Crippen molar-refractivity contribution in [2.24, 2.45) is 5.73 Å². The molecule has 0 spiro atoms. The van der Waals surface area contributed by atoms with Crippen LogP contribution >= 0.6 is 0 Å². The van der Waals surface area contributed by atoms with Gasteiger partial charge in [-0.05, 0) is 35.7 Å². The number of nitrogens with zero attached hydrogens (tertiary/aromatic N) is 2. The van der Waals surface area contributed by atoms with Crippen molar-refractivity contribution in [1.29, 1.82) is 0 Å². The van der Waals surface area contributed by atoms with Gasteiger partial charge in [0.15, 0.2) is 0 Å². The lowest BCUT2D eigenvalue weighted by atomic mass is 10.0. The van der Waals surface area contributed by atoms with Gasteiger partial charge in [0, 0.05) is 18.6 Å². The molecule has 1 atom stereocenters. The summed E-state index contributed by atoms with van der Waals surface area (Å²) in [7, 11) is 0. The summed E-state index contributed by atoms with van der Waals surface area (Å²) in [6.45, 7) is 2.76. The minimum atomic E-state index is -0.203. The van der Waals surface area contributed by atoms with Crippen LogP contribution in [0.25, 0.3) is 0 Å². The Morgan fingerprint density at radius 3 is 2.67 bits per heavy atom. The summed E-state index contributed by atoms with van der Waals surface area (Å²) in [5.41, 5.74) is 8.14. The second-order valence-electron chi connectivity index (χ2n) is 4.06. The van der Waals surface area contributed by atoms with Gasteiger partial charge in [-0.25, -0.2) is 0 Å². The van der Waals surface area contributed by atoms with E-state index in [9.17, 15) is 0 Å². The molecular weight excluding hydrogens is 226 g/mol. The Balaban J connectivity index is 2.17. The van der Waals surface area contributed by atoms with Crippen LogP contribution in [0.1, 0.15) is 30.5 Å². The van der Waals surface area contributed by atoms with Crippen LogP contribution in [-0.4, -0.2) is 16.6 Å². The number of nitrogens with two attached hydrogens (primary N) is 1. The second-order valence-corrected chi connectivity index (χ2v) is 4.06. The van der Waals surface area contributed by atoms with Gasteiger partial charge in [-0.2, -0.15) is 0 Å². The molecule has 0 aliphatic carbocycles. The van der Waals surface area contributed by atoms with E-state index in [1.807, 2.05) is 18.2 Å². The topological polar surface area (TPSA) is 61.0 Å². The molecule has 0 amide bonds. The highest BCUT2D eigenvalue weighted by Gasteiger charge is 2.09. The van der Waals surface area contributed by atoms with E-state index in [1.165, 1.54) is 0 Å². The van der Waals surface area contributed by atoms with E-state index in [0.29, 0.717) is 6.61 Å².